The van der Waals surface area contributed by atoms with Crippen LogP contribution in [0.25, 0.3) is 0 Å². The fourth-order valence-electron chi connectivity index (χ4n) is 4.27. The van der Waals surface area contributed by atoms with E-state index >= 15 is 0 Å². The minimum Gasteiger partial charge on any atom is -0.385 e. The first-order chi connectivity index (χ1) is 14.1. The number of benzene rings is 1. The average Bonchev–Trinajstić information content (AvgIpc) is 2.71. The van der Waals surface area contributed by atoms with E-state index in [1.54, 1.807) is 14.2 Å². The Labute approximate surface area is 198 Å². The third-order valence-electron chi connectivity index (χ3n) is 5.98. The van der Waals surface area contributed by atoms with Gasteiger partial charge in [-0.3, -0.25) is 0 Å². The van der Waals surface area contributed by atoms with E-state index in [0.29, 0.717) is 0 Å². The maximum absolute atomic E-state index is 4.71. The van der Waals surface area contributed by atoms with Crippen molar-refractivity contribution in [2.24, 2.45) is 5.73 Å². The third-order valence-corrected chi connectivity index (χ3v) is 15.1. The number of unbranched alkanes of at least 4 members (excludes halogenated alkanes) is 12. The molecule has 0 unspecified atom stereocenters. The van der Waals surface area contributed by atoms with Crippen LogP contribution in [0.5, 0.6) is 0 Å². The van der Waals surface area contributed by atoms with Crippen molar-refractivity contribution in [3.05, 3.63) is 30.3 Å². The van der Waals surface area contributed by atoms with Crippen molar-refractivity contribution in [2.45, 2.75) is 114 Å². The summed E-state index contributed by atoms with van der Waals surface area (Å²) in [5.41, 5.74) is 4.71. The molecule has 0 aliphatic carbocycles. The molecule has 165 valence electrons. The molecule has 0 fully saturated rings. The molecule has 0 aromatic heterocycles. The molecule has 1 aromatic rings. The Morgan fingerprint density at radius 3 is 1.45 bits per heavy atom. The second-order valence-electron chi connectivity index (χ2n) is 8.63. The molecule has 1 rings (SSSR count). The first kappa shape index (κ1) is 29.1. The van der Waals surface area contributed by atoms with E-state index < -0.39 is 16.0 Å². The van der Waals surface area contributed by atoms with Crippen LogP contribution in [-0.4, -0.2) is 4.32 Å². The first-order valence-electron chi connectivity index (χ1n) is 12.4. The molecular weight excluding hydrogens is 444 g/mol. The van der Waals surface area contributed by atoms with Crippen LogP contribution in [0.1, 0.15) is 104 Å². The number of hydrogen-bond donors (Lipinski definition) is 2. The van der Waals surface area contributed by atoms with E-state index in [1.165, 1.54) is 89.9 Å². The molecule has 0 saturated carbocycles. The molecule has 2 N–H and O–H groups in total. The normalized spacial score (nSPS) is 10.3. The molecule has 0 aliphatic rings. The Balaban J connectivity index is 0.00000178. The van der Waals surface area contributed by atoms with E-state index in [-0.39, 0.29) is 4.32 Å². The second kappa shape index (κ2) is 22.8. The predicted molar refractivity (Wildman–Crippen MR) is 137 cm³/mol. The zero-order valence-corrected chi connectivity index (χ0v) is 24.0. The van der Waals surface area contributed by atoms with E-state index in [0.717, 1.165) is 0 Å². The minimum atomic E-state index is -1.48. The molecule has 29 heavy (non-hydrogen) atoms. The Morgan fingerprint density at radius 1 is 0.724 bits per heavy atom. The van der Waals surface area contributed by atoms with Gasteiger partial charge < -0.3 is 5.73 Å². The maximum atomic E-state index is 4.71. The fourth-order valence-corrected chi connectivity index (χ4v) is 12.7. The molecule has 0 heterocycles. The summed E-state index contributed by atoms with van der Waals surface area (Å²) in [6.45, 7) is 4.62. The maximum Gasteiger partial charge on any atom is 0.128 e. The summed E-state index contributed by atoms with van der Waals surface area (Å²) in [5, 5.41) is 3.21. The van der Waals surface area contributed by atoms with Gasteiger partial charge in [-0.15, -0.1) is 12.6 Å². The standard InChI is InChI=1S/2C9H19.C6H5.CH3NS2.Zn/c2*1-3-5-7-9-8-6-4-2;1-2-4-6-5-3-1;2-1(3)4;/h2*1,3-9H2,2H3;1-5H;(H3,2,3,4);. The smallest absolute Gasteiger partial charge is 0.128 e. The average molecular weight is 490 g/mol. The van der Waals surface area contributed by atoms with Gasteiger partial charge in [-0.1, -0.05) is 12.2 Å². The van der Waals surface area contributed by atoms with Crippen LogP contribution in [0.3, 0.4) is 0 Å². The number of hydrogen-bond acceptors (Lipinski definition) is 1. The van der Waals surface area contributed by atoms with Gasteiger partial charge in [0.1, 0.15) is 4.32 Å². The molecule has 1 nitrogen and oxygen atoms in total. The Bertz CT molecular complexity index is 445. The Hall–Kier alpha value is 0.0834. The number of rotatable bonds is 17. The van der Waals surface area contributed by atoms with Crippen molar-refractivity contribution < 1.29 is 16.0 Å². The van der Waals surface area contributed by atoms with Crippen molar-refractivity contribution in [3.63, 3.8) is 0 Å². The van der Waals surface area contributed by atoms with Crippen LogP contribution >= 0.6 is 24.8 Å². The van der Waals surface area contributed by atoms with Gasteiger partial charge >= 0.3 is 164 Å². The summed E-state index contributed by atoms with van der Waals surface area (Å²) in [7, 11) is 0. The van der Waals surface area contributed by atoms with Gasteiger partial charge in [-0.05, 0) is 0 Å². The van der Waals surface area contributed by atoms with E-state index in [4.69, 9.17) is 5.73 Å². The van der Waals surface area contributed by atoms with Gasteiger partial charge in [0, 0.05) is 0 Å². The van der Waals surface area contributed by atoms with Gasteiger partial charge in [0.05, 0.1) is 0 Å². The molecule has 1 aromatic carbocycles. The summed E-state index contributed by atoms with van der Waals surface area (Å²) in [5.74, 6) is 0. The van der Waals surface area contributed by atoms with E-state index in [1.807, 2.05) is 0 Å². The largest absolute Gasteiger partial charge is 0.385 e. The van der Waals surface area contributed by atoms with Crippen LogP contribution in [0.15, 0.2) is 30.3 Å². The van der Waals surface area contributed by atoms with Crippen LogP contribution in [-0.2, 0) is 16.0 Å². The molecule has 0 spiro atoms. The van der Waals surface area contributed by atoms with E-state index in [2.05, 4.69) is 69.0 Å². The quantitative estimate of drug-likeness (QED) is 0.0993. The number of thiocarbonyl (C=S) groups is 1. The molecule has 0 bridgehead atoms. The van der Waals surface area contributed by atoms with Crippen LogP contribution in [0.2, 0.25) is 10.0 Å². The summed E-state index contributed by atoms with van der Waals surface area (Å²) in [4.78, 5) is 0. The number of thiol groups is 1. The Kier molecular flexibility index (Phi) is 22.8. The monoisotopic (exact) mass is 488 g/mol. The molecule has 0 aliphatic heterocycles. The third kappa shape index (κ3) is 21.1. The van der Waals surface area contributed by atoms with Gasteiger partial charge in [0.25, 0.3) is 0 Å². The van der Waals surface area contributed by atoms with Crippen molar-refractivity contribution in [1.82, 2.24) is 0 Å². The zero-order chi connectivity index (χ0) is 21.6. The molecule has 0 atom stereocenters. The fraction of sp³-hybridized carbons (Fsp3) is 0.720. The minimum absolute atomic E-state index is 0.194. The molecule has 0 saturated heterocycles. The van der Waals surface area contributed by atoms with Crippen LogP contribution in [0, 0.1) is 0 Å². The van der Waals surface area contributed by atoms with E-state index in [9.17, 15) is 0 Å². The number of nitrogens with two attached hydrogens (primary N) is 1. The van der Waals surface area contributed by atoms with Crippen LogP contribution in [0.4, 0.5) is 0 Å². The van der Waals surface area contributed by atoms with Gasteiger partial charge in [0.15, 0.2) is 0 Å². The molecular formula is C25H46NS2Zn. The van der Waals surface area contributed by atoms with Gasteiger partial charge in [0.2, 0.25) is 0 Å². The summed E-state index contributed by atoms with van der Waals surface area (Å²) in [6.07, 6.45) is 20.4. The molecule has 0 radical (unpaired) electrons. The van der Waals surface area contributed by atoms with Gasteiger partial charge in [-0.25, -0.2) is 0 Å². The predicted octanol–water partition coefficient (Wildman–Crippen LogP) is 8.43. The second-order valence-corrected chi connectivity index (χ2v) is 18.1. The SMILES string of the molecule is CCCCCCCC[CH2][Zn]([CH2]CCCCCCCC)[c]1ccccc1.NC(=S)S. The van der Waals surface area contributed by atoms with Crippen molar-refractivity contribution in [1.29, 1.82) is 0 Å². The first-order valence-corrected chi connectivity index (χ1v) is 18.9. The van der Waals surface area contributed by atoms with Gasteiger partial charge in [-0.2, -0.15) is 0 Å². The van der Waals surface area contributed by atoms with Crippen LogP contribution < -0.4 is 9.89 Å². The summed E-state index contributed by atoms with van der Waals surface area (Å²) in [6, 6.07) is 11.6. The van der Waals surface area contributed by atoms with Crippen molar-refractivity contribution >= 4 is 33.3 Å². The summed E-state index contributed by atoms with van der Waals surface area (Å²) >= 11 is 6.17. The van der Waals surface area contributed by atoms with Crippen molar-refractivity contribution in [3.8, 4) is 0 Å². The molecule has 4 heteroatoms. The molecule has 0 amide bonds. The Morgan fingerprint density at radius 2 is 1.07 bits per heavy atom. The van der Waals surface area contributed by atoms with Crippen molar-refractivity contribution in [2.75, 3.05) is 0 Å². The summed E-state index contributed by atoms with van der Waals surface area (Å²) < 4.78 is 1.99. The topological polar surface area (TPSA) is 26.0 Å². The zero-order valence-electron chi connectivity index (χ0n) is 19.3.